The van der Waals surface area contributed by atoms with Crippen LogP contribution < -0.4 is 11.5 Å². The summed E-state index contributed by atoms with van der Waals surface area (Å²) in [6.07, 6.45) is 4.75. The van der Waals surface area contributed by atoms with E-state index < -0.39 is 12.0 Å². The van der Waals surface area contributed by atoms with Crippen molar-refractivity contribution in [2.24, 2.45) is 11.7 Å². The van der Waals surface area contributed by atoms with E-state index in [4.69, 9.17) is 11.5 Å². The minimum atomic E-state index is -0.621. The number of nitrogen functional groups attached to an aromatic ring is 1. The summed E-state index contributed by atoms with van der Waals surface area (Å²) >= 11 is 0. The van der Waals surface area contributed by atoms with Gasteiger partial charge in [-0.3, -0.25) is 9.36 Å². The smallest absolute Gasteiger partial charge is 0.253 e. The van der Waals surface area contributed by atoms with Crippen LogP contribution in [0.1, 0.15) is 35.3 Å². The predicted octanol–water partition coefficient (Wildman–Crippen LogP) is 2.13. The van der Waals surface area contributed by atoms with E-state index in [0.29, 0.717) is 11.0 Å². The number of hydrogen-bond acceptors (Lipinski definition) is 4. The van der Waals surface area contributed by atoms with Crippen molar-refractivity contribution >= 4 is 28.5 Å². The first-order valence-electron chi connectivity index (χ1n) is 7.89. The van der Waals surface area contributed by atoms with Crippen LogP contribution in [0.3, 0.4) is 0 Å². The van der Waals surface area contributed by atoms with Crippen molar-refractivity contribution in [3.05, 3.63) is 40.6 Å². The second-order valence-corrected chi connectivity index (χ2v) is 6.43. The number of hydrogen-bond donors (Lipinski definition) is 3. The van der Waals surface area contributed by atoms with E-state index in [2.05, 4.69) is 4.98 Å². The number of allylic oxidation sites excluding steroid dienone is 2. The predicted molar refractivity (Wildman–Crippen MR) is 95.3 cm³/mol. The Labute approximate surface area is 140 Å². The van der Waals surface area contributed by atoms with E-state index in [1.54, 1.807) is 16.8 Å². The van der Waals surface area contributed by atoms with Crippen LogP contribution in [0.25, 0.3) is 16.7 Å². The highest BCUT2D eigenvalue weighted by Crippen LogP contribution is 2.38. The molecule has 2 atom stereocenters. The van der Waals surface area contributed by atoms with Crippen LogP contribution in [0.15, 0.2) is 23.9 Å². The van der Waals surface area contributed by atoms with Crippen LogP contribution in [0.4, 0.5) is 5.82 Å². The first-order valence-corrected chi connectivity index (χ1v) is 7.89. The van der Waals surface area contributed by atoms with Gasteiger partial charge >= 0.3 is 0 Å². The molecule has 5 N–H and O–H groups in total. The van der Waals surface area contributed by atoms with Crippen molar-refractivity contribution in [3.8, 4) is 0 Å². The zero-order chi connectivity index (χ0) is 17.8. The molecule has 0 bridgehead atoms. The molecule has 2 unspecified atom stereocenters. The van der Waals surface area contributed by atoms with E-state index >= 15 is 0 Å². The van der Waals surface area contributed by atoms with Gasteiger partial charge in [-0.25, -0.2) is 4.98 Å². The minimum absolute atomic E-state index is 0.183. The third-order valence-corrected chi connectivity index (χ3v) is 4.91. The highest BCUT2D eigenvalue weighted by atomic mass is 16.3. The number of fused-ring (bicyclic) bond motifs is 1. The largest absolute Gasteiger partial charge is 0.388 e. The lowest BCUT2D eigenvalue weighted by molar-refractivity contribution is 0.100. The number of carbonyl (C=O) groups is 1. The maximum atomic E-state index is 12.0. The summed E-state index contributed by atoms with van der Waals surface area (Å²) in [4.78, 5) is 16.6. The molecular weight excluding hydrogens is 304 g/mol. The number of aliphatic hydroxyl groups excluding tert-OH is 1. The Balaban J connectivity index is 2.47. The van der Waals surface area contributed by atoms with Gasteiger partial charge in [-0.2, -0.15) is 0 Å². The van der Waals surface area contributed by atoms with E-state index in [-0.39, 0.29) is 17.3 Å². The lowest BCUT2D eigenvalue weighted by Gasteiger charge is -2.27. The van der Waals surface area contributed by atoms with Crippen molar-refractivity contribution in [1.82, 2.24) is 9.55 Å². The fourth-order valence-corrected chi connectivity index (χ4v) is 3.40. The summed E-state index contributed by atoms with van der Waals surface area (Å²) in [6.45, 7) is 7.73. The second kappa shape index (κ2) is 5.49. The highest BCUT2D eigenvalue weighted by Gasteiger charge is 2.29. The standard InChI is InChI=1S/C18H22N4O2/c1-8-5-6-12(23)11(4)15(8)22-16(19)14(17(20)24)13-10(3)9(2)7-21-18(13)22/h5-7,11-12,23H,19H2,1-4H3,(H2,20,24). The van der Waals surface area contributed by atoms with Gasteiger partial charge in [0, 0.05) is 23.2 Å². The van der Waals surface area contributed by atoms with Crippen LogP contribution in [0.5, 0.6) is 0 Å². The van der Waals surface area contributed by atoms with Crippen molar-refractivity contribution in [2.75, 3.05) is 5.73 Å². The molecule has 126 valence electrons. The molecule has 2 aromatic rings. The van der Waals surface area contributed by atoms with Gasteiger partial charge in [-0.15, -0.1) is 0 Å². The molecule has 1 aliphatic carbocycles. The molecule has 0 spiro atoms. The Bertz CT molecular complexity index is 921. The second-order valence-electron chi connectivity index (χ2n) is 6.43. The first-order chi connectivity index (χ1) is 11.3. The molecular formula is C18H22N4O2. The molecule has 2 heterocycles. The van der Waals surface area contributed by atoms with E-state index in [1.165, 1.54) is 0 Å². The number of aryl methyl sites for hydroxylation is 2. The highest BCUT2D eigenvalue weighted by molar-refractivity contribution is 6.12. The fraction of sp³-hybridized carbons (Fsp3) is 0.333. The Morgan fingerprint density at radius 3 is 2.62 bits per heavy atom. The summed E-state index contributed by atoms with van der Waals surface area (Å²) in [5.41, 5.74) is 16.5. The molecule has 0 radical (unpaired) electrons. The van der Waals surface area contributed by atoms with E-state index in [1.807, 2.05) is 33.8 Å². The minimum Gasteiger partial charge on any atom is -0.388 e. The third kappa shape index (κ3) is 2.14. The van der Waals surface area contributed by atoms with Crippen LogP contribution in [-0.2, 0) is 0 Å². The van der Waals surface area contributed by atoms with Crippen molar-refractivity contribution < 1.29 is 9.90 Å². The molecule has 0 fully saturated rings. The van der Waals surface area contributed by atoms with Gasteiger partial charge in [-0.05, 0) is 37.5 Å². The van der Waals surface area contributed by atoms with Gasteiger partial charge in [0.15, 0.2) is 0 Å². The molecule has 24 heavy (non-hydrogen) atoms. The van der Waals surface area contributed by atoms with Gasteiger partial charge in [0.1, 0.15) is 11.5 Å². The number of anilines is 1. The number of nitrogens with zero attached hydrogens (tertiary/aromatic N) is 2. The Kier molecular flexibility index (Phi) is 3.72. The molecule has 0 saturated heterocycles. The van der Waals surface area contributed by atoms with Crippen LogP contribution >= 0.6 is 0 Å². The molecule has 0 aromatic carbocycles. The third-order valence-electron chi connectivity index (χ3n) is 4.91. The number of pyridine rings is 1. The average molecular weight is 326 g/mol. The summed E-state index contributed by atoms with van der Waals surface area (Å²) in [5.74, 6) is -0.496. The molecule has 1 amide bonds. The molecule has 1 aliphatic rings. The van der Waals surface area contributed by atoms with Gasteiger partial charge in [0.25, 0.3) is 5.91 Å². The number of primary amides is 1. The SMILES string of the molecule is CC1=C(n2c(N)c(C(N)=O)c3c(C)c(C)cnc32)C(C)C(O)C=C1. The number of carbonyl (C=O) groups excluding carboxylic acids is 1. The molecule has 6 nitrogen and oxygen atoms in total. The zero-order valence-electron chi connectivity index (χ0n) is 14.3. The quantitative estimate of drug-likeness (QED) is 0.785. The van der Waals surface area contributed by atoms with Crippen molar-refractivity contribution in [2.45, 2.75) is 33.8 Å². The lowest BCUT2D eigenvalue weighted by atomic mass is 9.91. The number of amides is 1. The first kappa shape index (κ1) is 16.3. The van der Waals surface area contributed by atoms with Crippen molar-refractivity contribution in [1.29, 1.82) is 0 Å². The summed E-state index contributed by atoms with van der Waals surface area (Å²) in [7, 11) is 0. The van der Waals surface area contributed by atoms with Gasteiger partial charge in [0.05, 0.1) is 11.7 Å². The van der Waals surface area contributed by atoms with Crippen LogP contribution in [0.2, 0.25) is 0 Å². The number of aliphatic hydroxyl groups is 1. The normalized spacial score (nSPS) is 20.9. The topological polar surface area (TPSA) is 107 Å². The van der Waals surface area contributed by atoms with E-state index in [9.17, 15) is 9.90 Å². The molecule has 6 heteroatoms. The Morgan fingerprint density at radius 2 is 2.00 bits per heavy atom. The van der Waals surface area contributed by atoms with Crippen molar-refractivity contribution in [3.63, 3.8) is 0 Å². The summed E-state index contributed by atoms with van der Waals surface area (Å²) < 4.78 is 1.76. The van der Waals surface area contributed by atoms with Gasteiger partial charge in [0.2, 0.25) is 0 Å². The maximum absolute atomic E-state index is 12.0. The Morgan fingerprint density at radius 1 is 1.33 bits per heavy atom. The molecule has 0 saturated carbocycles. The molecule has 3 rings (SSSR count). The number of nitrogens with two attached hydrogens (primary N) is 2. The van der Waals surface area contributed by atoms with Crippen LogP contribution in [-0.4, -0.2) is 26.7 Å². The summed E-state index contributed by atoms with van der Waals surface area (Å²) in [6, 6.07) is 0. The monoisotopic (exact) mass is 326 g/mol. The number of aromatic nitrogens is 2. The Hall–Kier alpha value is -2.60. The van der Waals surface area contributed by atoms with E-state index in [0.717, 1.165) is 22.4 Å². The number of rotatable bonds is 2. The zero-order valence-corrected chi connectivity index (χ0v) is 14.3. The average Bonchev–Trinajstić information content (AvgIpc) is 2.81. The fourth-order valence-electron chi connectivity index (χ4n) is 3.40. The molecule has 0 aliphatic heterocycles. The van der Waals surface area contributed by atoms with Crippen LogP contribution in [0, 0.1) is 19.8 Å². The van der Waals surface area contributed by atoms with Gasteiger partial charge in [-0.1, -0.05) is 19.1 Å². The lowest BCUT2D eigenvalue weighted by Crippen LogP contribution is -2.24. The molecule has 2 aromatic heterocycles. The maximum Gasteiger partial charge on any atom is 0.253 e. The summed E-state index contributed by atoms with van der Waals surface area (Å²) in [5, 5.41) is 10.9. The van der Waals surface area contributed by atoms with Gasteiger partial charge < -0.3 is 16.6 Å².